The molecule has 0 heterocycles. The Bertz CT molecular complexity index is 518. The van der Waals surface area contributed by atoms with Crippen LogP contribution in [0.15, 0.2) is 18.2 Å². The highest BCUT2D eigenvalue weighted by Gasteiger charge is 2.19. The standard InChI is InChI=1S/C10H10ClN3O5/c11-7-2-1-5(14(18)19)3-6(7)8(4-9(15)16)13-10(12)17/h1-3,8H,4H2,(H,15,16)(H3,12,13,17)/p-1/t8-/m0/s1. The highest BCUT2D eigenvalue weighted by Crippen LogP contribution is 2.29. The highest BCUT2D eigenvalue weighted by atomic mass is 35.5. The minimum Gasteiger partial charge on any atom is -0.550 e. The number of nitrogens with zero attached hydrogens (tertiary/aromatic N) is 1. The Kier molecular flexibility index (Phi) is 4.65. The lowest BCUT2D eigenvalue weighted by molar-refractivity contribution is -0.385. The molecule has 0 spiro atoms. The van der Waals surface area contributed by atoms with Crippen molar-refractivity contribution in [2.45, 2.75) is 12.5 Å². The average molecular weight is 287 g/mol. The number of carboxylic acids is 1. The van der Waals surface area contributed by atoms with Crippen LogP contribution >= 0.6 is 11.6 Å². The number of nitro groups is 1. The van der Waals surface area contributed by atoms with Crippen LogP contribution in [0.4, 0.5) is 10.5 Å². The van der Waals surface area contributed by atoms with Gasteiger partial charge in [0.2, 0.25) is 0 Å². The summed E-state index contributed by atoms with van der Waals surface area (Å²) in [6, 6.07) is 1.39. The first-order valence-corrected chi connectivity index (χ1v) is 5.38. The third kappa shape index (κ3) is 4.11. The van der Waals surface area contributed by atoms with E-state index in [2.05, 4.69) is 5.32 Å². The second kappa shape index (κ2) is 6.01. The SMILES string of the molecule is NC(=O)N[C@@H](CC(=O)[O-])c1cc([N+](=O)[O-])ccc1Cl. The van der Waals surface area contributed by atoms with Gasteiger partial charge in [-0.05, 0) is 6.07 Å². The molecule has 0 aliphatic carbocycles. The van der Waals surface area contributed by atoms with Gasteiger partial charge in [-0.25, -0.2) is 4.79 Å². The summed E-state index contributed by atoms with van der Waals surface area (Å²) in [7, 11) is 0. The normalized spacial score (nSPS) is 11.6. The van der Waals surface area contributed by atoms with E-state index in [1.165, 1.54) is 6.07 Å². The van der Waals surface area contributed by atoms with Crippen LogP contribution in [0.1, 0.15) is 18.0 Å². The van der Waals surface area contributed by atoms with Crippen molar-refractivity contribution in [3.8, 4) is 0 Å². The monoisotopic (exact) mass is 286 g/mol. The zero-order valence-electron chi connectivity index (χ0n) is 9.46. The first-order chi connectivity index (χ1) is 8.81. The molecule has 0 radical (unpaired) electrons. The Labute approximate surface area is 112 Å². The van der Waals surface area contributed by atoms with Gasteiger partial charge in [0.05, 0.1) is 11.0 Å². The Morgan fingerprint density at radius 3 is 2.58 bits per heavy atom. The molecule has 3 N–H and O–H groups in total. The van der Waals surface area contributed by atoms with Crippen LogP contribution in [0.5, 0.6) is 0 Å². The lowest BCUT2D eigenvalue weighted by atomic mass is 10.0. The van der Waals surface area contributed by atoms with Crippen LogP contribution in [-0.4, -0.2) is 16.9 Å². The van der Waals surface area contributed by atoms with E-state index in [1.807, 2.05) is 0 Å². The first kappa shape index (κ1) is 14.7. The Morgan fingerprint density at radius 2 is 2.11 bits per heavy atom. The minimum absolute atomic E-state index is 0.0746. The summed E-state index contributed by atoms with van der Waals surface area (Å²) in [5.41, 5.74) is 4.71. The van der Waals surface area contributed by atoms with Crippen LogP contribution in [0.25, 0.3) is 0 Å². The molecule has 9 heteroatoms. The predicted octanol–water partition coefficient (Wildman–Crippen LogP) is 0.0976. The van der Waals surface area contributed by atoms with E-state index >= 15 is 0 Å². The summed E-state index contributed by atoms with van der Waals surface area (Å²) >= 11 is 5.83. The maximum Gasteiger partial charge on any atom is 0.312 e. The number of urea groups is 1. The summed E-state index contributed by atoms with van der Waals surface area (Å²) in [5, 5.41) is 23.5. The molecule has 102 valence electrons. The van der Waals surface area contributed by atoms with Gasteiger partial charge in [0.15, 0.2) is 0 Å². The molecule has 2 amide bonds. The molecule has 8 nitrogen and oxygen atoms in total. The minimum atomic E-state index is -1.46. The first-order valence-electron chi connectivity index (χ1n) is 5.01. The lowest BCUT2D eigenvalue weighted by Crippen LogP contribution is -2.37. The predicted molar refractivity (Wildman–Crippen MR) is 63.2 cm³/mol. The van der Waals surface area contributed by atoms with Crippen molar-refractivity contribution in [3.05, 3.63) is 38.9 Å². The molecule has 0 unspecified atom stereocenters. The number of carbonyl (C=O) groups excluding carboxylic acids is 2. The van der Waals surface area contributed by atoms with Crippen LogP contribution in [0.3, 0.4) is 0 Å². The van der Waals surface area contributed by atoms with E-state index in [0.29, 0.717) is 0 Å². The summed E-state index contributed by atoms with van der Waals surface area (Å²) in [6.07, 6.45) is -0.607. The lowest BCUT2D eigenvalue weighted by Gasteiger charge is -2.19. The van der Waals surface area contributed by atoms with Crippen molar-refractivity contribution in [2.24, 2.45) is 5.73 Å². The number of carbonyl (C=O) groups is 2. The van der Waals surface area contributed by atoms with Crippen molar-refractivity contribution in [1.82, 2.24) is 5.32 Å². The third-order valence-corrected chi connectivity index (χ3v) is 2.60. The van der Waals surface area contributed by atoms with Gasteiger partial charge in [0, 0.05) is 35.1 Å². The van der Waals surface area contributed by atoms with Crippen molar-refractivity contribution in [2.75, 3.05) is 0 Å². The quantitative estimate of drug-likeness (QED) is 0.583. The summed E-state index contributed by atoms with van der Waals surface area (Å²) in [6.45, 7) is 0. The Morgan fingerprint density at radius 1 is 1.47 bits per heavy atom. The largest absolute Gasteiger partial charge is 0.550 e. The van der Waals surface area contributed by atoms with Gasteiger partial charge in [-0.15, -0.1) is 0 Å². The number of hydrogen-bond donors (Lipinski definition) is 2. The number of nitrogens with one attached hydrogen (secondary N) is 1. The number of carboxylic acid groups (broad SMARTS) is 1. The van der Waals surface area contributed by atoms with Gasteiger partial charge in [-0.3, -0.25) is 10.1 Å². The third-order valence-electron chi connectivity index (χ3n) is 2.25. The average Bonchev–Trinajstić information content (AvgIpc) is 2.27. The molecule has 1 aromatic carbocycles. The van der Waals surface area contributed by atoms with Crippen molar-refractivity contribution < 1.29 is 19.6 Å². The number of aliphatic carboxylic acids is 1. The van der Waals surface area contributed by atoms with Crippen LogP contribution < -0.4 is 16.2 Å². The fraction of sp³-hybridized carbons (Fsp3) is 0.200. The number of rotatable bonds is 5. The van der Waals surface area contributed by atoms with E-state index in [-0.39, 0.29) is 16.3 Å². The molecule has 0 fully saturated rings. The van der Waals surface area contributed by atoms with E-state index in [9.17, 15) is 24.8 Å². The zero-order chi connectivity index (χ0) is 14.6. The molecule has 1 rings (SSSR count). The molecule has 19 heavy (non-hydrogen) atoms. The van der Waals surface area contributed by atoms with Gasteiger partial charge in [0.25, 0.3) is 5.69 Å². The highest BCUT2D eigenvalue weighted by molar-refractivity contribution is 6.31. The number of primary amides is 1. The Hall–Kier alpha value is -2.35. The molecule has 1 aromatic rings. The number of hydrogen-bond acceptors (Lipinski definition) is 5. The van der Waals surface area contributed by atoms with Crippen molar-refractivity contribution >= 4 is 29.3 Å². The van der Waals surface area contributed by atoms with Gasteiger partial charge in [-0.1, -0.05) is 11.6 Å². The molecule has 0 aromatic heterocycles. The fourth-order valence-electron chi connectivity index (χ4n) is 1.49. The molecule has 0 bridgehead atoms. The second-order valence-corrected chi connectivity index (χ2v) is 4.01. The number of nitrogens with two attached hydrogens (primary N) is 1. The van der Waals surface area contributed by atoms with E-state index < -0.39 is 29.4 Å². The van der Waals surface area contributed by atoms with Crippen molar-refractivity contribution in [1.29, 1.82) is 0 Å². The molecular formula is C10H9ClN3O5-. The smallest absolute Gasteiger partial charge is 0.312 e. The molecule has 0 aliphatic heterocycles. The topological polar surface area (TPSA) is 138 Å². The molecule has 0 saturated carbocycles. The van der Waals surface area contributed by atoms with Gasteiger partial charge in [-0.2, -0.15) is 0 Å². The number of benzene rings is 1. The number of amides is 2. The molecular weight excluding hydrogens is 278 g/mol. The second-order valence-electron chi connectivity index (χ2n) is 3.60. The summed E-state index contributed by atoms with van der Waals surface area (Å²) < 4.78 is 0. The zero-order valence-corrected chi connectivity index (χ0v) is 10.2. The van der Waals surface area contributed by atoms with Gasteiger partial charge < -0.3 is 21.0 Å². The summed E-state index contributed by atoms with van der Waals surface area (Å²) in [5.74, 6) is -1.46. The molecule has 0 saturated heterocycles. The maximum absolute atomic E-state index is 10.8. The van der Waals surface area contributed by atoms with Crippen LogP contribution in [0.2, 0.25) is 5.02 Å². The number of halogens is 1. The van der Waals surface area contributed by atoms with Crippen LogP contribution in [-0.2, 0) is 4.79 Å². The maximum atomic E-state index is 10.8. The number of non-ortho nitro benzene ring substituents is 1. The van der Waals surface area contributed by atoms with E-state index in [4.69, 9.17) is 17.3 Å². The molecule has 1 atom stereocenters. The van der Waals surface area contributed by atoms with E-state index in [0.717, 1.165) is 12.1 Å². The number of nitro benzene ring substituents is 1. The van der Waals surface area contributed by atoms with E-state index in [1.54, 1.807) is 0 Å². The van der Waals surface area contributed by atoms with Gasteiger partial charge >= 0.3 is 6.03 Å². The fourth-order valence-corrected chi connectivity index (χ4v) is 1.74. The molecule has 0 aliphatic rings. The van der Waals surface area contributed by atoms with Crippen molar-refractivity contribution in [3.63, 3.8) is 0 Å². The van der Waals surface area contributed by atoms with Gasteiger partial charge in [0.1, 0.15) is 0 Å². The van der Waals surface area contributed by atoms with Crippen LogP contribution in [0, 0.1) is 10.1 Å². The Balaban J connectivity index is 3.19. The summed E-state index contributed by atoms with van der Waals surface area (Å²) in [4.78, 5) is 31.4.